The van der Waals surface area contributed by atoms with Crippen molar-refractivity contribution in [1.29, 1.82) is 0 Å². The summed E-state index contributed by atoms with van der Waals surface area (Å²) in [4.78, 5) is 32.5. The number of allylic oxidation sites excluding steroid dienone is 3. The molecular formula is C26H46NO8P. The standard InChI is InChI=1S/C26H46NO8P/c1-24-19-17-15-13-11-9-7-5-3-2-4-6-8-10-12-14-16-18-20-25(21-26(28)34-24)35-36(30,31)33-23-32-22-27-29/h7,9,15,17,24-25H,2-6,8,10-14,16,18-23H2,1H3,(H,30,31)/b9-7-,17-15+/t24-,25+/m1/s1. The highest BCUT2D eigenvalue weighted by atomic mass is 31.2. The van der Waals surface area contributed by atoms with Crippen molar-refractivity contribution in [3.8, 4) is 0 Å². The molecule has 1 heterocycles. The average Bonchev–Trinajstić information content (AvgIpc) is 2.82. The number of carbonyl (C=O) groups excluding carboxylic acids is 1. The Hall–Kier alpha value is -1.38. The zero-order valence-electron chi connectivity index (χ0n) is 21.9. The number of nitroso groups, excluding NO2 is 1. The second-order valence-electron chi connectivity index (χ2n) is 9.28. The summed E-state index contributed by atoms with van der Waals surface area (Å²) in [5.74, 6) is -0.486. The molecule has 0 spiro atoms. The molecule has 1 aliphatic rings. The van der Waals surface area contributed by atoms with Crippen molar-refractivity contribution in [3.63, 3.8) is 0 Å². The van der Waals surface area contributed by atoms with Crippen LogP contribution >= 0.6 is 7.82 Å². The lowest BCUT2D eigenvalue weighted by atomic mass is 10.0. The summed E-state index contributed by atoms with van der Waals surface area (Å²) < 4.78 is 32.4. The van der Waals surface area contributed by atoms with Gasteiger partial charge in [-0.05, 0) is 44.2 Å². The molecule has 1 unspecified atom stereocenters. The Balaban J connectivity index is 2.62. The third kappa shape index (κ3) is 19.8. The number of phosphoric ester groups is 1. The van der Waals surface area contributed by atoms with Crippen LogP contribution in [0.25, 0.3) is 0 Å². The molecule has 0 fully saturated rings. The van der Waals surface area contributed by atoms with Gasteiger partial charge in [-0.3, -0.25) is 13.8 Å². The van der Waals surface area contributed by atoms with E-state index in [1.54, 1.807) is 0 Å². The summed E-state index contributed by atoms with van der Waals surface area (Å²) in [6.07, 6.45) is 23.0. The van der Waals surface area contributed by atoms with E-state index in [-0.39, 0.29) is 12.5 Å². The molecule has 0 aliphatic carbocycles. The molecule has 0 aromatic carbocycles. The molecule has 10 heteroatoms. The van der Waals surface area contributed by atoms with E-state index in [1.807, 2.05) is 13.0 Å². The van der Waals surface area contributed by atoms with Crippen molar-refractivity contribution < 1.29 is 32.8 Å². The summed E-state index contributed by atoms with van der Waals surface area (Å²) in [5.41, 5.74) is 0. The predicted molar refractivity (Wildman–Crippen MR) is 140 cm³/mol. The van der Waals surface area contributed by atoms with Gasteiger partial charge in [-0.1, -0.05) is 82.1 Å². The minimum atomic E-state index is -4.48. The molecule has 0 radical (unpaired) electrons. The molecule has 0 saturated heterocycles. The molecule has 208 valence electrons. The minimum absolute atomic E-state index is 0.149. The van der Waals surface area contributed by atoms with Gasteiger partial charge in [0.2, 0.25) is 0 Å². The van der Waals surface area contributed by atoms with Crippen LogP contribution in [-0.4, -0.2) is 36.6 Å². The summed E-state index contributed by atoms with van der Waals surface area (Å²) in [5, 5.41) is 2.48. The van der Waals surface area contributed by atoms with Gasteiger partial charge in [0.25, 0.3) is 0 Å². The van der Waals surface area contributed by atoms with E-state index in [4.69, 9.17) is 13.8 Å². The maximum absolute atomic E-state index is 12.5. The van der Waals surface area contributed by atoms with Gasteiger partial charge < -0.3 is 14.4 Å². The molecule has 0 aromatic heterocycles. The Morgan fingerprint density at radius 1 is 0.944 bits per heavy atom. The molecule has 3 atom stereocenters. The monoisotopic (exact) mass is 531 g/mol. The van der Waals surface area contributed by atoms with E-state index in [0.29, 0.717) is 12.8 Å². The number of esters is 1. The Morgan fingerprint density at radius 3 is 2.19 bits per heavy atom. The van der Waals surface area contributed by atoms with Gasteiger partial charge in [0.15, 0.2) is 13.5 Å². The van der Waals surface area contributed by atoms with Gasteiger partial charge in [0, 0.05) is 6.42 Å². The highest BCUT2D eigenvalue weighted by Crippen LogP contribution is 2.45. The fraction of sp³-hybridized carbons (Fsp3) is 0.808. The van der Waals surface area contributed by atoms with Crippen LogP contribution in [0.3, 0.4) is 0 Å². The van der Waals surface area contributed by atoms with Gasteiger partial charge in [-0.2, -0.15) is 0 Å². The number of carbonyl (C=O) groups is 1. The van der Waals surface area contributed by atoms with Crippen LogP contribution in [-0.2, 0) is 27.9 Å². The van der Waals surface area contributed by atoms with Gasteiger partial charge >= 0.3 is 13.8 Å². The largest absolute Gasteiger partial charge is 0.474 e. The second-order valence-corrected chi connectivity index (χ2v) is 10.7. The van der Waals surface area contributed by atoms with Crippen LogP contribution in [0.2, 0.25) is 0 Å². The van der Waals surface area contributed by atoms with Crippen molar-refractivity contribution in [2.45, 2.75) is 122 Å². The van der Waals surface area contributed by atoms with E-state index in [0.717, 1.165) is 44.9 Å². The highest BCUT2D eigenvalue weighted by Gasteiger charge is 2.29. The summed E-state index contributed by atoms with van der Waals surface area (Å²) in [6, 6.07) is 0. The maximum Gasteiger partial charge on any atom is 0.474 e. The van der Waals surface area contributed by atoms with E-state index >= 15 is 0 Å². The lowest BCUT2D eigenvalue weighted by Gasteiger charge is -2.21. The van der Waals surface area contributed by atoms with Crippen molar-refractivity contribution in [2.24, 2.45) is 5.18 Å². The van der Waals surface area contributed by atoms with Crippen molar-refractivity contribution >= 4 is 13.8 Å². The summed E-state index contributed by atoms with van der Waals surface area (Å²) in [6.45, 7) is 0.704. The van der Waals surface area contributed by atoms with Crippen molar-refractivity contribution in [2.75, 3.05) is 13.5 Å². The molecular weight excluding hydrogens is 485 g/mol. The van der Waals surface area contributed by atoms with Crippen LogP contribution in [0, 0.1) is 4.91 Å². The summed E-state index contributed by atoms with van der Waals surface area (Å²) >= 11 is 0. The van der Waals surface area contributed by atoms with Crippen LogP contribution in [0.4, 0.5) is 0 Å². The molecule has 1 N–H and O–H groups in total. The first-order valence-corrected chi connectivity index (χ1v) is 14.9. The molecule has 0 saturated carbocycles. The van der Waals surface area contributed by atoms with Gasteiger partial charge in [0.1, 0.15) is 6.10 Å². The quantitative estimate of drug-likeness (QED) is 0.0896. The number of hydrogen-bond donors (Lipinski definition) is 1. The zero-order valence-corrected chi connectivity index (χ0v) is 22.8. The first-order valence-electron chi connectivity index (χ1n) is 13.4. The fourth-order valence-electron chi connectivity index (χ4n) is 3.98. The van der Waals surface area contributed by atoms with Crippen LogP contribution in [0.5, 0.6) is 0 Å². The van der Waals surface area contributed by atoms with Gasteiger partial charge in [-0.15, -0.1) is 4.91 Å². The third-order valence-corrected chi connectivity index (χ3v) is 6.90. The Morgan fingerprint density at radius 2 is 1.53 bits per heavy atom. The Labute approximate surface area is 216 Å². The summed E-state index contributed by atoms with van der Waals surface area (Å²) in [7, 11) is -4.48. The maximum atomic E-state index is 12.5. The fourth-order valence-corrected chi connectivity index (χ4v) is 4.80. The number of nitrogens with zero attached hydrogens (tertiary/aromatic N) is 1. The number of phosphoric acid groups is 1. The first kappa shape index (κ1) is 32.6. The Bertz CT molecular complexity index is 685. The van der Waals surface area contributed by atoms with Crippen LogP contribution in [0.15, 0.2) is 29.5 Å². The third-order valence-electron chi connectivity index (χ3n) is 5.90. The van der Waals surface area contributed by atoms with Crippen molar-refractivity contribution in [3.05, 3.63) is 29.2 Å². The second kappa shape index (κ2) is 21.7. The lowest BCUT2D eigenvalue weighted by Crippen LogP contribution is -2.22. The lowest BCUT2D eigenvalue weighted by molar-refractivity contribution is -0.150. The molecule has 0 aromatic rings. The van der Waals surface area contributed by atoms with Gasteiger partial charge in [0.05, 0.1) is 12.5 Å². The van der Waals surface area contributed by atoms with E-state index in [2.05, 4.69) is 28.1 Å². The minimum Gasteiger partial charge on any atom is -0.462 e. The highest BCUT2D eigenvalue weighted by molar-refractivity contribution is 7.47. The van der Waals surface area contributed by atoms with E-state index < -0.39 is 33.4 Å². The van der Waals surface area contributed by atoms with E-state index in [1.165, 1.54) is 38.5 Å². The smallest absolute Gasteiger partial charge is 0.462 e. The number of cyclic esters (lactones) is 1. The number of hydrogen-bond acceptors (Lipinski definition) is 8. The SMILES string of the molecule is C[C@@H]1C/C=C/CC/C=C\CCCCCCCCCCCC[C@H](OP(=O)(O)OCOCN=O)CC(=O)O1. The first-order chi connectivity index (χ1) is 17.4. The van der Waals surface area contributed by atoms with Crippen LogP contribution < -0.4 is 0 Å². The topological polar surface area (TPSA) is 121 Å². The molecule has 0 bridgehead atoms. The van der Waals surface area contributed by atoms with Crippen LogP contribution in [0.1, 0.15) is 110 Å². The average molecular weight is 532 g/mol. The molecule has 1 rings (SSSR count). The zero-order chi connectivity index (χ0) is 26.3. The van der Waals surface area contributed by atoms with Crippen molar-refractivity contribution in [1.82, 2.24) is 0 Å². The number of ether oxygens (including phenoxy) is 2. The molecule has 0 amide bonds. The molecule has 9 nitrogen and oxygen atoms in total. The normalized spacial score (nSPS) is 26.6. The van der Waals surface area contributed by atoms with E-state index in [9.17, 15) is 19.2 Å². The Kier molecular flexibility index (Phi) is 19.7. The number of rotatable bonds is 7. The molecule has 36 heavy (non-hydrogen) atoms. The van der Waals surface area contributed by atoms with Gasteiger partial charge in [-0.25, -0.2) is 4.57 Å². The predicted octanol–water partition coefficient (Wildman–Crippen LogP) is 7.49. The molecule has 1 aliphatic heterocycles.